The number of hydrogen-bond acceptors (Lipinski definition) is 2. The molecular weight excluding hydrogens is 200 g/mol. The number of rotatable bonds is 3. The van der Waals surface area contributed by atoms with Crippen LogP contribution in [0.3, 0.4) is 0 Å². The summed E-state index contributed by atoms with van der Waals surface area (Å²) in [6.07, 6.45) is 1.87. The Morgan fingerprint density at radius 2 is 1.50 bits per heavy atom. The van der Waals surface area contributed by atoms with Gasteiger partial charge in [-0.05, 0) is 16.5 Å². The molecule has 88 valence electrons. The van der Waals surface area contributed by atoms with Crippen molar-refractivity contribution in [2.24, 2.45) is 0 Å². The predicted octanol–water partition coefficient (Wildman–Crippen LogP) is 3.58. The monoisotopic (exact) mass is 220 g/mol. The Morgan fingerprint density at radius 3 is 1.88 bits per heavy atom. The van der Waals surface area contributed by atoms with Gasteiger partial charge in [0.05, 0.1) is 14.2 Å². The number of hydrogen-bond donors (Lipinski definition) is 0. The highest BCUT2D eigenvalue weighted by Crippen LogP contribution is 2.22. The summed E-state index contributed by atoms with van der Waals surface area (Å²) in [7, 11) is 3.19. The first-order chi connectivity index (χ1) is 7.47. The van der Waals surface area contributed by atoms with Crippen LogP contribution in [0.25, 0.3) is 6.08 Å². The van der Waals surface area contributed by atoms with Gasteiger partial charge in [0, 0.05) is 6.08 Å². The summed E-state index contributed by atoms with van der Waals surface area (Å²) in [5.41, 5.74) is 2.58. The van der Waals surface area contributed by atoms with Crippen molar-refractivity contribution in [3.8, 4) is 0 Å². The zero-order chi connectivity index (χ0) is 12.2. The molecule has 0 N–H and O–H groups in total. The van der Waals surface area contributed by atoms with Gasteiger partial charge in [-0.25, -0.2) is 0 Å². The van der Waals surface area contributed by atoms with Crippen LogP contribution in [0.4, 0.5) is 0 Å². The summed E-state index contributed by atoms with van der Waals surface area (Å²) in [5.74, 6) is 0.517. The summed E-state index contributed by atoms with van der Waals surface area (Å²) in [4.78, 5) is 0. The Bertz CT molecular complexity index is 349. The highest BCUT2D eigenvalue weighted by molar-refractivity contribution is 5.50. The minimum atomic E-state index is 0.188. The van der Waals surface area contributed by atoms with E-state index in [0.29, 0.717) is 5.95 Å². The molecule has 0 aliphatic heterocycles. The van der Waals surface area contributed by atoms with Crippen molar-refractivity contribution in [2.75, 3.05) is 14.2 Å². The fraction of sp³-hybridized carbons (Fsp3) is 0.429. The fourth-order valence-electron chi connectivity index (χ4n) is 1.42. The Kier molecular flexibility index (Phi) is 3.99. The van der Waals surface area contributed by atoms with E-state index < -0.39 is 0 Å². The molecule has 0 saturated carbocycles. The first-order valence-electron chi connectivity index (χ1n) is 5.37. The zero-order valence-electron chi connectivity index (χ0n) is 10.7. The minimum Gasteiger partial charge on any atom is -0.469 e. The number of methoxy groups -OCH3 is 2. The van der Waals surface area contributed by atoms with Crippen LogP contribution in [0.15, 0.2) is 30.2 Å². The molecule has 0 saturated heterocycles. The summed E-state index contributed by atoms with van der Waals surface area (Å²) >= 11 is 0. The molecule has 16 heavy (non-hydrogen) atoms. The van der Waals surface area contributed by atoms with Crippen molar-refractivity contribution in [1.82, 2.24) is 0 Å². The zero-order valence-corrected chi connectivity index (χ0v) is 10.7. The molecule has 0 aliphatic carbocycles. The Morgan fingerprint density at radius 1 is 1.00 bits per heavy atom. The van der Waals surface area contributed by atoms with Gasteiger partial charge < -0.3 is 9.47 Å². The Hall–Kier alpha value is -1.44. The van der Waals surface area contributed by atoms with Gasteiger partial charge in [0.25, 0.3) is 5.95 Å². The largest absolute Gasteiger partial charge is 0.469 e. The standard InChI is InChI=1S/C14H20O2/c1-14(2,3)12-8-6-11(7-9-12)10-13(15-4)16-5/h6-10H,1-5H3. The molecule has 1 aromatic carbocycles. The van der Waals surface area contributed by atoms with Gasteiger partial charge in [-0.1, -0.05) is 45.0 Å². The molecule has 0 aliphatic rings. The normalized spacial score (nSPS) is 10.8. The van der Waals surface area contributed by atoms with E-state index >= 15 is 0 Å². The van der Waals surface area contributed by atoms with Crippen LogP contribution in [-0.4, -0.2) is 14.2 Å². The molecule has 0 unspecified atom stereocenters. The van der Waals surface area contributed by atoms with E-state index in [1.165, 1.54) is 5.56 Å². The second-order valence-corrected chi connectivity index (χ2v) is 4.74. The molecule has 0 amide bonds. The summed E-state index contributed by atoms with van der Waals surface area (Å²) in [6, 6.07) is 8.40. The second-order valence-electron chi connectivity index (χ2n) is 4.74. The maximum atomic E-state index is 5.04. The van der Waals surface area contributed by atoms with Crippen LogP contribution in [0.1, 0.15) is 31.9 Å². The molecule has 0 heterocycles. The molecule has 1 rings (SSSR count). The summed E-state index contributed by atoms with van der Waals surface area (Å²) in [5, 5.41) is 0. The molecule has 0 atom stereocenters. The maximum Gasteiger partial charge on any atom is 0.279 e. The van der Waals surface area contributed by atoms with Gasteiger partial charge >= 0.3 is 0 Å². The van der Waals surface area contributed by atoms with Gasteiger partial charge in [-0.15, -0.1) is 0 Å². The van der Waals surface area contributed by atoms with E-state index in [2.05, 4.69) is 45.0 Å². The fourth-order valence-corrected chi connectivity index (χ4v) is 1.42. The average molecular weight is 220 g/mol. The minimum absolute atomic E-state index is 0.188. The second kappa shape index (κ2) is 5.06. The average Bonchev–Trinajstić information content (AvgIpc) is 2.25. The lowest BCUT2D eigenvalue weighted by atomic mass is 9.87. The number of benzene rings is 1. The van der Waals surface area contributed by atoms with Crippen molar-refractivity contribution in [3.63, 3.8) is 0 Å². The smallest absolute Gasteiger partial charge is 0.279 e. The predicted molar refractivity (Wildman–Crippen MR) is 67.1 cm³/mol. The van der Waals surface area contributed by atoms with Gasteiger partial charge in [-0.3, -0.25) is 0 Å². The van der Waals surface area contributed by atoms with E-state index in [-0.39, 0.29) is 5.41 Å². The topological polar surface area (TPSA) is 18.5 Å². The molecular formula is C14H20O2. The highest BCUT2D eigenvalue weighted by Gasteiger charge is 2.12. The third-order valence-corrected chi connectivity index (χ3v) is 2.46. The third kappa shape index (κ3) is 3.30. The quantitative estimate of drug-likeness (QED) is 0.725. The van der Waals surface area contributed by atoms with Crippen molar-refractivity contribution < 1.29 is 9.47 Å². The van der Waals surface area contributed by atoms with Gasteiger partial charge in [0.1, 0.15) is 0 Å². The van der Waals surface area contributed by atoms with Crippen LogP contribution in [0.5, 0.6) is 0 Å². The van der Waals surface area contributed by atoms with Gasteiger partial charge in [-0.2, -0.15) is 0 Å². The maximum absolute atomic E-state index is 5.04. The molecule has 0 aromatic heterocycles. The lowest BCUT2D eigenvalue weighted by molar-refractivity contribution is 0.1000. The molecule has 0 radical (unpaired) electrons. The van der Waals surface area contributed by atoms with Crippen LogP contribution in [0, 0.1) is 0 Å². The Labute approximate surface area is 97.9 Å². The van der Waals surface area contributed by atoms with E-state index in [0.717, 1.165) is 5.56 Å². The van der Waals surface area contributed by atoms with Crippen LogP contribution < -0.4 is 0 Å². The first kappa shape index (κ1) is 12.6. The molecule has 0 spiro atoms. The van der Waals surface area contributed by atoms with E-state index in [1.807, 2.05) is 6.08 Å². The molecule has 0 fully saturated rings. The lowest BCUT2D eigenvalue weighted by Gasteiger charge is -2.18. The van der Waals surface area contributed by atoms with Crippen molar-refractivity contribution in [3.05, 3.63) is 41.3 Å². The van der Waals surface area contributed by atoms with E-state index in [1.54, 1.807) is 14.2 Å². The van der Waals surface area contributed by atoms with Crippen LogP contribution in [-0.2, 0) is 14.9 Å². The summed E-state index contributed by atoms with van der Waals surface area (Å²) in [6.45, 7) is 6.61. The Balaban J connectivity index is 2.91. The SMILES string of the molecule is COC(=Cc1ccc(C(C)(C)C)cc1)OC. The van der Waals surface area contributed by atoms with Crippen molar-refractivity contribution in [1.29, 1.82) is 0 Å². The summed E-state index contributed by atoms with van der Waals surface area (Å²) < 4.78 is 10.1. The van der Waals surface area contributed by atoms with Crippen LogP contribution in [0.2, 0.25) is 0 Å². The lowest BCUT2D eigenvalue weighted by Crippen LogP contribution is -2.10. The number of ether oxygens (including phenoxy) is 2. The molecule has 1 aromatic rings. The van der Waals surface area contributed by atoms with Crippen LogP contribution >= 0.6 is 0 Å². The molecule has 2 nitrogen and oxygen atoms in total. The van der Waals surface area contributed by atoms with E-state index in [4.69, 9.17) is 9.47 Å². The van der Waals surface area contributed by atoms with Crippen molar-refractivity contribution in [2.45, 2.75) is 26.2 Å². The van der Waals surface area contributed by atoms with Gasteiger partial charge in [0.15, 0.2) is 0 Å². The molecule has 0 bridgehead atoms. The van der Waals surface area contributed by atoms with E-state index in [9.17, 15) is 0 Å². The third-order valence-electron chi connectivity index (χ3n) is 2.46. The highest BCUT2D eigenvalue weighted by atomic mass is 16.7. The van der Waals surface area contributed by atoms with Crippen molar-refractivity contribution >= 4 is 6.08 Å². The first-order valence-corrected chi connectivity index (χ1v) is 5.37. The molecule has 2 heteroatoms. The van der Waals surface area contributed by atoms with Gasteiger partial charge in [0.2, 0.25) is 0 Å².